The molecule has 2 amide bonds. The number of carbonyl (C=O) groups is 3. The second kappa shape index (κ2) is 25.0. The smallest absolute Gasteiger partial charge is 0.336 e. The van der Waals surface area contributed by atoms with Crippen LogP contribution in [0.4, 0.5) is 11.4 Å². The number of hydrogen-bond donors (Lipinski definition) is 4. The number of hydrogen-bond acceptors (Lipinski definition) is 11. The summed E-state index contributed by atoms with van der Waals surface area (Å²) in [6, 6.07) is 32.4. The molecule has 0 saturated carbocycles. The van der Waals surface area contributed by atoms with Crippen LogP contribution < -0.4 is 30.4 Å². The monoisotopic (exact) mass is 952 g/mol. The van der Waals surface area contributed by atoms with Gasteiger partial charge in [0.1, 0.15) is 31.7 Å². The summed E-state index contributed by atoms with van der Waals surface area (Å²) in [4.78, 5) is 42.5. The molecule has 366 valence electrons. The van der Waals surface area contributed by atoms with E-state index in [4.69, 9.17) is 23.4 Å². The number of carbonyl (C=O) groups excluding carboxylic acids is 2. The molecule has 0 aromatic heterocycles. The van der Waals surface area contributed by atoms with Crippen LogP contribution in [0.1, 0.15) is 45.5 Å². The Hall–Kier alpha value is -7.06. The molecule has 0 fully saturated rings. The molecule has 1 aliphatic carbocycles. The zero-order valence-electron chi connectivity index (χ0n) is 40.3. The number of carboxylic acids is 1. The molecule has 4 N–H and O–H groups in total. The fraction of sp³-hybridized carbons (Fsp3) is 0.345. The first kappa shape index (κ1) is 50.8. The van der Waals surface area contributed by atoms with E-state index in [1.54, 1.807) is 18.2 Å². The summed E-state index contributed by atoms with van der Waals surface area (Å²) in [6.07, 6.45) is -0.335. The molecule has 0 saturated heterocycles. The van der Waals surface area contributed by atoms with Gasteiger partial charge < -0.3 is 54.0 Å². The predicted octanol–water partition coefficient (Wildman–Crippen LogP) is 5.36. The fourth-order valence-corrected chi connectivity index (χ4v) is 8.20. The summed E-state index contributed by atoms with van der Waals surface area (Å²) >= 11 is 0. The van der Waals surface area contributed by atoms with Gasteiger partial charge >= 0.3 is 5.97 Å². The van der Waals surface area contributed by atoms with Crippen molar-refractivity contribution in [2.45, 2.75) is 32.0 Å². The number of nitrogens with zero attached hydrogens (tertiary/aromatic N) is 3. The molecule has 4 aromatic carbocycles. The zero-order valence-corrected chi connectivity index (χ0v) is 40.3. The lowest BCUT2D eigenvalue weighted by molar-refractivity contribution is -0.122. The molecule has 1 unspecified atom stereocenters. The van der Waals surface area contributed by atoms with Gasteiger partial charge in [-0.05, 0) is 53.6 Å². The third kappa shape index (κ3) is 13.4. The molecule has 7 rings (SSSR count). The van der Waals surface area contributed by atoms with Gasteiger partial charge in [-0.3, -0.25) is 9.59 Å². The molecule has 0 bridgehead atoms. The first-order valence-electron chi connectivity index (χ1n) is 23.5. The van der Waals surface area contributed by atoms with Gasteiger partial charge in [-0.2, -0.15) is 0 Å². The van der Waals surface area contributed by atoms with Crippen LogP contribution in [0.2, 0.25) is 0 Å². The Morgan fingerprint density at radius 1 is 0.743 bits per heavy atom. The molecular weight excluding hydrogens is 891 g/mol. The Morgan fingerprint density at radius 3 is 2.14 bits per heavy atom. The van der Waals surface area contributed by atoms with Gasteiger partial charge in [0.15, 0.2) is 0 Å². The van der Waals surface area contributed by atoms with Gasteiger partial charge in [0.2, 0.25) is 17.2 Å². The summed E-state index contributed by atoms with van der Waals surface area (Å²) < 4.78 is 30.9. The number of aromatic carboxylic acids is 1. The van der Waals surface area contributed by atoms with Crippen LogP contribution in [0.25, 0.3) is 33.4 Å². The lowest BCUT2D eigenvalue weighted by atomic mass is 9.86. The number of aliphatic hydroxyl groups excluding tert-OH is 1. The van der Waals surface area contributed by atoms with Gasteiger partial charge in [-0.1, -0.05) is 54.3 Å². The van der Waals surface area contributed by atoms with Gasteiger partial charge in [-0.25, -0.2) is 9.37 Å². The Morgan fingerprint density at radius 2 is 1.41 bits per heavy atom. The van der Waals surface area contributed by atoms with Crippen LogP contribution in [-0.4, -0.2) is 128 Å². The maximum atomic E-state index is 13.3. The molecule has 15 heteroatoms. The van der Waals surface area contributed by atoms with E-state index in [0.29, 0.717) is 87.2 Å². The highest BCUT2D eigenvalue weighted by molar-refractivity contribution is 6.09. The number of fused-ring (bicyclic) bond motifs is 4. The lowest BCUT2D eigenvalue weighted by Crippen LogP contribution is -2.39. The average molecular weight is 953 g/mol. The fourth-order valence-electron chi connectivity index (χ4n) is 8.20. The third-order valence-corrected chi connectivity index (χ3v) is 11.8. The van der Waals surface area contributed by atoms with E-state index < -0.39 is 12.2 Å². The standard InChI is InChI=1S/C55H61N5O10/c1-58(2)42-18-20-44-48(35-42)70-49-36-43(59(3)4)19-21-45(49)54(44)53-40(13-9-14-46(53)55(64)65)34-51(62)57-25-27-67-29-31-69-33-32-68-30-28-66-26-23-50(61)56-24-22-52(63)60-37-41-12-6-5-10-38(41)16-17-39-11-7-8-15-47(39)60/h5-15,18-21,35-36,52,63H,22-34,37H2,1-4H3,(H2-,56,57,61,62,64,65)/p+1. The van der Waals surface area contributed by atoms with Crippen molar-refractivity contribution in [3.05, 3.63) is 136 Å². The third-order valence-electron chi connectivity index (χ3n) is 11.8. The Bertz CT molecular complexity index is 2880. The normalized spacial score (nSPS) is 12.3. The van der Waals surface area contributed by atoms with E-state index in [9.17, 15) is 24.6 Å². The summed E-state index contributed by atoms with van der Waals surface area (Å²) in [7, 11) is 7.77. The molecular formula is C55H62N5O10+. The molecule has 2 aliphatic heterocycles. The van der Waals surface area contributed by atoms with E-state index in [1.165, 1.54) is 0 Å². The minimum atomic E-state index is -1.10. The second-order valence-corrected chi connectivity index (χ2v) is 17.2. The van der Waals surface area contributed by atoms with E-state index >= 15 is 0 Å². The summed E-state index contributed by atoms with van der Waals surface area (Å²) in [5.74, 6) is 5.55. The minimum absolute atomic E-state index is 0.0460. The number of anilines is 2. The summed E-state index contributed by atoms with van der Waals surface area (Å²) in [5, 5.41) is 29.1. The van der Waals surface area contributed by atoms with Crippen LogP contribution in [-0.2, 0) is 41.5 Å². The van der Waals surface area contributed by atoms with E-state index in [-0.39, 0.29) is 50.0 Å². The van der Waals surface area contributed by atoms with E-state index in [2.05, 4.69) is 22.5 Å². The largest absolute Gasteiger partial charge is 0.478 e. The Balaban J connectivity index is 0.766. The predicted molar refractivity (Wildman–Crippen MR) is 270 cm³/mol. The molecule has 1 atom stereocenters. The number of nitrogens with one attached hydrogen (secondary N) is 2. The van der Waals surface area contributed by atoms with Crippen molar-refractivity contribution in [3.63, 3.8) is 0 Å². The summed E-state index contributed by atoms with van der Waals surface area (Å²) in [5.41, 5.74) is 7.73. The first-order chi connectivity index (χ1) is 34.0. The number of para-hydroxylation sites is 1. The maximum Gasteiger partial charge on any atom is 0.336 e. The number of benzene rings is 5. The van der Waals surface area contributed by atoms with Crippen molar-refractivity contribution in [2.75, 3.05) is 104 Å². The number of rotatable bonds is 24. The van der Waals surface area contributed by atoms with Crippen LogP contribution in [0.5, 0.6) is 0 Å². The quantitative estimate of drug-likeness (QED) is 0.0265. The van der Waals surface area contributed by atoms with Crippen molar-refractivity contribution in [1.29, 1.82) is 0 Å². The molecule has 70 heavy (non-hydrogen) atoms. The molecule has 3 aliphatic rings. The topological polar surface area (TPSA) is 175 Å². The Kier molecular flexibility index (Phi) is 18.1. The van der Waals surface area contributed by atoms with Gasteiger partial charge in [0.25, 0.3) is 0 Å². The zero-order chi connectivity index (χ0) is 49.4. The first-order valence-corrected chi connectivity index (χ1v) is 23.5. The van der Waals surface area contributed by atoms with Crippen molar-refractivity contribution >= 4 is 40.1 Å². The number of amides is 2. The molecule has 0 spiro atoms. The minimum Gasteiger partial charge on any atom is -0.478 e. The van der Waals surface area contributed by atoms with Gasteiger partial charge in [-0.15, -0.1) is 0 Å². The molecule has 2 heterocycles. The van der Waals surface area contributed by atoms with Crippen molar-refractivity contribution < 1.29 is 48.0 Å². The highest BCUT2D eigenvalue weighted by Gasteiger charge is 2.26. The van der Waals surface area contributed by atoms with Crippen molar-refractivity contribution in [1.82, 2.24) is 15.2 Å². The second-order valence-electron chi connectivity index (χ2n) is 17.2. The maximum absolute atomic E-state index is 13.3. The van der Waals surface area contributed by atoms with Gasteiger partial charge in [0.05, 0.1) is 76.6 Å². The molecule has 15 nitrogen and oxygen atoms in total. The van der Waals surface area contributed by atoms with Crippen molar-refractivity contribution in [2.24, 2.45) is 0 Å². The highest BCUT2D eigenvalue weighted by atomic mass is 16.6. The molecule has 0 radical (unpaired) electrons. The van der Waals surface area contributed by atoms with E-state index in [0.717, 1.165) is 44.4 Å². The highest BCUT2D eigenvalue weighted by Crippen LogP contribution is 2.43. The van der Waals surface area contributed by atoms with Crippen LogP contribution in [0.3, 0.4) is 0 Å². The van der Waals surface area contributed by atoms with Crippen LogP contribution in [0, 0.1) is 11.8 Å². The van der Waals surface area contributed by atoms with Crippen LogP contribution in [0.15, 0.2) is 108 Å². The molecule has 4 aromatic rings. The van der Waals surface area contributed by atoms with Gasteiger partial charge in [0, 0.05) is 97.6 Å². The number of carboxylic acid groups (broad SMARTS) is 1. The van der Waals surface area contributed by atoms with Crippen LogP contribution >= 0.6 is 0 Å². The van der Waals surface area contributed by atoms with Crippen molar-refractivity contribution in [3.8, 4) is 34.3 Å². The number of aliphatic hydroxyl groups is 1. The summed E-state index contributed by atoms with van der Waals surface area (Å²) in [6.45, 7) is 3.66. The average Bonchev–Trinajstić information content (AvgIpc) is 3.34. The SMILES string of the molecule is CN(C)c1ccc2c(-c3c(CC(=O)NCCOCCOCCOCCOCCC(=O)NCCC(O)N4Cc5ccccc5C#Cc5ccccc54)cccc3C(=O)O)c3ccc(=[N+](C)C)cc-3oc2c1. The lowest BCUT2D eigenvalue weighted by Gasteiger charge is -2.32. The number of ether oxygens (including phenoxy) is 4. The Labute approximate surface area is 408 Å². The van der Waals surface area contributed by atoms with E-state index in [1.807, 2.05) is 127 Å².